The Morgan fingerprint density at radius 3 is 1.49 bits per heavy atom. The van der Waals surface area contributed by atoms with Crippen LogP contribution in [-0.4, -0.2) is 69.4 Å². The molecule has 1 saturated heterocycles. The largest absolute Gasteiger partial charge is 0.497 e. The Labute approximate surface area is 281 Å². The molecule has 5 rings (SSSR count). The van der Waals surface area contributed by atoms with Crippen molar-refractivity contribution in [2.24, 2.45) is 0 Å². The molecule has 0 unspecified atom stereocenters. The van der Waals surface area contributed by atoms with Crippen LogP contribution in [0.5, 0.6) is 23.0 Å². The molecule has 0 aliphatic carbocycles. The second kappa shape index (κ2) is 15.4. The van der Waals surface area contributed by atoms with Gasteiger partial charge in [-0.05, 0) is 119 Å². The van der Waals surface area contributed by atoms with Crippen LogP contribution in [-0.2, 0) is 4.74 Å². The Bertz CT molecular complexity index is 1560. The van der Waals surface area contributed by atoms with Gasteiger partial charge in [0.2, 0.25) is 0 Å². The summed E-state index contributed by atoms with van der Waals surface area (Å²) in [5.41, 5.74) is -0.442. The van der Waals surface area contributed by atoms with E-state index in [-0.39, 0.29) is 17.8 Å². The third kappa shape index (κ3) is 8.58. The van der Waals surface area contributed by atoms with Crippen LogP contribution >= 0.6 is 15.8 Å². The Hall–Kier alpha value is -3.79. The Kier molecular flexibility index (Phi) is 11.3. The Morgan fingerprint density at radius 2 is 1.09 bits per heavy atom. The summed E-state index contributed by atoms with van der Waals surface area (Å²) < 4.78 is 28.6. The molecule has 2 atom stereocenters. The van der Waals surface area contributed by atoms with Crippen LogP contribution < -0.4 is 40.2 Å². The molecule has 0 spiro atoms. The number of hydrogen-bond donors (Lipinski definition) is 0. The molecular formula is C38H45NO6P2. The van der Waals surface area contributed by atoms with Crippen LogP contribution in [0.15, 0.2) is 97.1 Å². The van der Waals surface area contributed by atoms with Crippen molar-refractivity contribution in [3.05, 3.63) is 97.1 Å². The molecule has 47 heavy (non-hydrogen) atoms. The molecule has 7 nitrogen and oxygen atoms in total. The topological polar surface area (TPSA) is 66.5 Å². The van der Waals surface area contributed by atoms with Gasteiger partial charge in [0.15, 0.2) is 0 Å². The molecule has 248 valence electrons. The second-order valence-corrected chi connectivity index (χ2v) is 17.2. The average molecular weight is 674 g/mol. The van der Waals surface area contributed by atoms with Crippen molar-refractivity contribution >= 4 is 43.2 Å². The van der Waals surface area contributed by atoms with Crippen molar-refractivity contribution in [2.45, 2.75) is 44.5 Å². The molecule has 0 saturated carbocycles. The summed E-state index contributed by atoms with van der Waals surface area (Å²) in [5, 5.41) is 4.77. The third-order valence-corrected chi connectivity index (χ3v) is 13.5. The number of carbonyl (C=O) groups excluding carboxylic acids is 1. The molecular weight excluding hydrogens is 628 g/mol. The number of nitrogens with zero attached hydrogens (tertiary/aromatic N) is 1. The molecule has 1 aliphatic rings. The maximum absolute atomic E-state index is 14.0. The molecule has 0 radical (unpaired) electrons. The predicted octanol–water partition coefficient (Wildman–Crippen LogP) is 6.66. The fraction of sp³-hybridized carbons (Fsp3) is 0.342. The SMILES string of the molecule is COc1cccc(P(C[C@@H]2C[C@H](P(c3cccc(OC)c3)c3cccc(OC)c3)CN2C(=O)OC(C)(C)C)c2cccc(OC)c2)c1. The number of methoxy groups -OCH3 is 4. The van der Waals surface area contributed by atoms with Crippen molar-refractivity contribution in [3.8, 4) is 23.0 Å². The van der Waals surface area contributed by atoms with Crippen LogP contribution in [0.3, 0.4) is 0 Å². The van der Waals surface area contributed by atoms with Gasteiger partial charge < -0.3 is 28.6 Å². The van der Waals surface area contributed by atoms with Gasteiger partial charge in [-0.1, -0.05) is 48.5 Å². The van der Waals surface area contributed by atoms with E-state index in [9.17, 15) is 4.79 Å². The smallest absolute Gasteiger partial charge is 0.410 e. The number of ether oxygens (including phenoxy) is 5. The van der Waals surface area contributed by atoms with Crippen LogP contribution in [0.4, 0.5) is 4.79 Å². The van der Waals surface area contributed by atoms with Gasteiger partial charge in [-0.3, -0.25) is 0 Å². The quantitative estimate of drug-likeness (QED) is 0.166. The zero-order valence-corrected chi connectivity index (χ0v) is 30.1. The minimum Gasteiger partial charge on any atom is -0.497 e. The summed E-state index contributed by atoms with van der Waals surface area (Å²) in [4.78, 5) is 16.0. The van der Waals surface area contributed by atoms with Crippen LogP contribution in [0.25, 0.3) is 0 Å². The molecule has 0 aromatic heterocycles. The van der Waals surface area contributed by atoms with E-state index < -0.39 is 21.4 Å². The standard InChI is InChI=1S/C38H45NO6P2/c1-38(2,3)45-37(40)39-25-36(47(34-18-10-14-30(23-34)43-6)35-19-11-15-31(24-35)44-7)20-27(39)26-46(32-16-8-12-28(21-32)41-4)33-17-9-13-29(22-33)42-5/h8-19,21-24,27,36H,20,25-26H2,1-7H3/t27-,36-/m0/s1. The summed E-state index contributed by atoms with van der Waals surface area (Å²) >= 11 is 0. The summed E-state index contributed by atoms with van der Waals surface area (Å²) in [6.07, 6.45) is 1.32. The Morgan fingerprint density at radius 1 is 0.681 bits per heavy atom. The first-order valence-electron chi connectivity index (χ1n) is 15.7. The van der Waals surface area contributed by atoms with Gasteiger partial charge in [-0.15, -0.1) is 0 Å². The highest BCUT2D eigenvalue weighted by Gasteiger charge is 2.43. The highest BCUT2D eigenvalue weighted by molar-refractivity contribution is 7.74. The van der Waals surface area contributed by atoms with Crippen molar-refractivity contribution in [2.75, 3.05) is 41.1 Å². The van der Waals surface area contributed by atoms with Gasteiger partial charge >= 0.3 is 6.09 Å². The first kappa shape index (κ1) is 34.5. The van der Waals surface area contributed by atoms with Crippen molar-refractivity contribution in [1.29, 1.82) is 0 Å². The van der Waals surface area contributed by atoms with Crippen LogP contribution in [0.1, 0.15) is 27.2 Å². The summed E-state index contributed by atoms with van der Waals surface area (Å²) in [6, 6.07) is 33.2. The lowest BCUT2D eigenvalue weighted by atomic mass is 10.2. The van der Waals surface area contributed by atoms with Gasteiger partial charge in [0.25, 0.3) is 0 Å². The lowest BCUT2D eigenvalue weighted by Crippen LogP contribution is -2.42. The van der Waals surface area contributed by atoms with E-state index in [1.807, 2.05) is 74.2 Å². The van der Waals surface area contributed by atoms with Gasteiger partial charge in [0, 0.05) is 18.2 Å². The summed E-state index contributed by atoms with van der Waals surface area (Å²) in [6.45, 7) is 6.35. The van der Waals surface area contributed by atoms with E-state index in [1.165, 1.54) is 21.2 Å². The zero-order valence-electron chi connectivity index (χ0n) is 28.3. The zero-order chi connectivity index (χ0) is 33.6. The minimum absolute atomic E-state index is 0.0559. The van der Waals surface area contributed by atoms with E-state index in [0.29, 0.717) is 6.54 Å². The Balaban J connectivity index is 1.59. The first-order chi connectivity index (χ1) is 22.6. The minimum atomic E-state index is -0.898. The summed E-state index contributed by atoms with van der Waals surface area (Å²) in [5.74, 6) is 3.25. The molecule has 9 heteroatoms. The molecule has 0 N–H and O–H groups in total. The van der Waals surface area contributed by atoms with E-state index in [2.05, 4.69) is 48.5 Å². The normalized spacial score (nSPS) is 16.3. The van der Waals surface area contributed by atoms with Crippen LogP contribution in [0.2, 0.25) is 0 Å². The lowest BCUT2D eigenvalue weighted by molar-refractivity contribution is 0.0242. The first-order valence-corrected chi connectivity index (χ1v) is 18.7. The maximum atomic E-state index is 14.0. The molecule has 1 aliphatic heterocycles. The molecule has 4 aromatic rings. The molecule has 0 bridgehead atoms. The fourth-order valence-corrected chi connectivity index (χ4v) is 11.6. The number of carbonyl (C=O) groups is 1. The van der Waals surface area contributed by atoms with E-state index in [4.69, 9.17) is 23.7 Å². The lowest BCUT2D eigenvalue weighted by Gasteiger charge is -2.31. The third-order valence-electron chi connectivity index (χ3n) is 8.17. The van der Waals surface area contributed by atoms with E-state index in [1.54, 1.807) is 28.4 Å². The van der Waals surface area contributed by atoms with Crippen molar-refractivity contribution < 1.29 is 28.5 Å². The number of likely N-dealkylation sites (tertiary alicyclic amines) is 1. The molecule has 4 aromatic carbocycles. The second-order valence-electron chi connectivity index (χ2n) is 12.5. The van der Waals surface area contributed by atoms with Gasteiger partial charge in [-0.25, -0.2) is 4.79 Å². The average Bonchev–Trinajstić information content (AvgIpc) is 3.50. The van der Waals surface area contributed by atoms with E-state index >= 15 is 0 Å². The van der Waals surface area contributed by atoms with Crippen LogP contribution in [0, 0.1) is 0 Å². The molecule has 1 amide bonds. The molecule has 1 fully saturated rings. The van der Waals surface area contributed by atoms with Gasteiger partial charge in [0.1, 0.15) is 28.6 Å². The number of benzene rings is 4. The number of amides is 1. The maximum Gasteiger partial charge on any atom is 0.410 e. The fourth-order valence-electron chi connectivity index (χ4n) is 6.02. The number of rotatable bonds is 11. The molecule has 1 heterocycles. The van der Waals surface area contributed by atoms with Crippen molar-refractivity contribution in [3.63, 3.8) is 0 Å². The van der Waals surface area contributed by atoms with Gasteiger partial charge in [0.05, 0.1) is 28.4 Å². The van der Waals surface area contributed by atoms with Crippen molar-refractivity contribution in [1.82, 2.24) is 4.90 Å². The van der Waals surface area contributed by atoms with Gasteiger partial charge in [-0.2, -0.15) is 0 Å². The highest BCUT2D eigenvalue weighted by Crippen LogP contribution is 2.49. The number of hydrogen-bond acceptors (Lipinski definition) is 6. The predicted molar refractivity (Wildman–Crippen MR) is 194 cm³/mol. The van der Waals surface area contributed by atoms with E-state index in [0.717, 1.165) is 35.6 Å². The summed E-state index contributed by atoms with van der Waals surface area (Å²) in [7, 11) is 4.99. The monoisotopic (exact) mass is 673 g/mol. The highest BCUT2D eigenvalue weighted by atomic mass is 31.1.